The van der Waals surface area contributed by atoms with E-state index in [-0.39, 0.29) is 18.0 Å². The first-order chi connectivity index (χ1) is 9.81. The second-order valence-electron chi connectivity index (χ2n) is 5.86. The van der Waals surface area contributed by atoms with Crippen LogP contribution < -0.4 is 10.9 Å². The van der Waals surface area contributed by atoms with Gasteiger partial charge in [0, 0.05) is 24.4 Å². The minimum atomic E-state index is -0.506. The third-order valence-electron chi connectivity index (χ3n) is 3.37. The summed E-state index contributed by atoms with van der Waals surface area (Å²) in [6.45, 7) is 10.4. The maximum atomic E-state index is 11.9. The van der Waals surface area contributed by atoms with Gasteiger partial charge in [0.05, 0.1) is 0 Å². The number of H-pyrrole nitrogens is 1. The first kappa shape index (κ1) is 17.4. The maximum Gasteiger partial charge on any atom is 0.253 e. The second-order valence-corrected chi connectivity index (χ2v) is 5.86. The van der Waals surface area contributed by atoms with E-state index in [0.29, 0.717) is 18.1 Å². The Labute approximate surface area is 126 Å². The van der Waals surface area contributed by atoms with Crippen LogP contribution in [0.5, 0.6) is 0 Å². The number of pyridine rings is 1. The Kier molecular flexibility index (Phi) is 6.62. The summed E-state index contributed by atoms with van der Waals surface area (Å²) in [5.74, 6) is 0.354. The molecule has 2 N–H and O–H groups in total. The molecule has 5 heteroatoms. The first-order valence-corrected chi connectivity index (χ1v) is 7.40. The van der Waals surface area contributed by atoms with Gasteiger partial charge in [0.1, 0.15) is 6.10 Å². The molecule has 1 aromatic rings. The van der Waals surface area contributed by atoms with Gasteiger partial charge < -0.3 is 15.0 Å². The Morgan fingerprint density at radius 3 is 2.57 bits per heavy atom. The highest BCUT2D eigenvalue weighted by Crippen LogP contribution is 2.04. The monoisotopic (exact) mass is 294 g/mol. The average molecular weight is 294 g/mol. The van der Waals surface area contributed by atoms with Gasteiger partial charge in [0.15, 0.2) is 0 Å². The molecule has 1 heterocycles. The fourth-order valence-electron chi connectivity index (χ4n) is 1.98. The molecule has 1 rings (SSSR count). The topological polar surface area (TPSA) is 71.2 Å². The Balaban J connectivity index is 2.51. The highest BCUT2D eigenvalue weighted by molar-refractivity contribution is 5.80. The number of hydrogen-bond donors (Lipinski definition) is 2. The molecule has 0 unspecified atom stereocenters. The van der Waals surface area contributed by atoms with E-state index < -0.39 is 6.10 Å². The number of carbonyl (C=O) groups is 1. The predicted molar refractivity (Wildman–Crippen MR) is 83.3 cm³/mol. The van der Waals surface area contributed by atoms with Gasteiger partial charge in [0.2, 0.25) is 5.91 Å². The van der Waals surface area contributed by atoms with E-state index in [4.69, 9.17) is 4.74 Å². The molecule has 0 aliphatic rings. The lowest BCUT2D eigenvalue weighted by Crippen LogP contribution is -2.36. The van der Waals surface area contributed by atoms with Crippen molar-refractivity contribution in [2.45, 2.75) is 53.7 Å². The summed E-state index contributed by atoms with van der Waals surface area (Å²) in [6, 6.07) is 1.89. The van der Waals surface area contributed by atoms with Gasteiger partial charge in [-0.15, -0.1) is 0 Å². The number of ether oxygens (including phenoxy) is 1. The number of aryl methyl sites for hydroxylation is 2. The van der Waals surface area contributed by atoms with Gasteiger partial charge in [-0.2, -0.15) is 0 Å². The zero-order chi connectivity index (χ0) is 16.0. The molecule has 118 valence electrons. The van der Waals surface area contributed by atoms with Crippen LogP contribution in [0, 0.1) is 19.8 Å². The fourth-order valence-corrected chi connectivity index (χ4v) is 1.98. The van der Waals surface area contributed by atoms with Crippen molar-refractivity contribution in [2.24, 2.45) is 5.92 Å². The lowest BCUT2D eigenvalue weighted by Gasteiger charge is -2.14. The Hall–Kier alpha value is -1.62. The Morgan fingerprint density at radius 1 is 1.33 bits per heavy atom. The Morgan fingerprint density at radius 2 is 2.00 bits per heavy atom. The van der Waals surface area contributed by atoms with Crippen LogP contribution in [0.3, 0.4) is 0 Å². The smallest absolute Gasteiger partial charge is 0.253 e. The van der Waals surface area contributed by atoms with Crippen LogP contribution in [0.1, 0.15) is 44.0 Å². The molecule has 0 bridgehead atoms. The zero-order valence-corrected chi connectivity index (χ0v) is 13.6. The van der Waals surface area contributed by atoms with Crippen molar-refractivity contribution in [3.05, 3.63) is 33.2 Å². The van der Waals surface area contributed by atoms with Crippen molar-refractivity contribution in [2.75, 3.05) is 6.61 Å². The SMILES string of the molecule is Cc1cc(C)c(CNC(=O)[C@@H](C)OCCC(C)C)c(=O)[nH]1. The summed E-state index contributed by atoms with van der Waals surface area (Å²) < 4.78 is 5.48. The molecule has 0 spiro atoms. The number of amides is 1. The largest absolute Gasteiger partial charge is 0.369 e. The second kappa shape index (κ2) is 7.98. The standard InChI is InChI=1S/C16H26N2O3/c1-10(2)6-7-21-13(5)15(19)17-9-14-11(3)8-12(4)18-16(14)20/h8,10,13H,6-7,9H2,1-5H3,(H,17,19)(H,18,20)/t13-/m1/s1. The van der Waals surface area contributed by atoms with Gasteiger partial charge in [-0.05, 0) is 44.7 Å². The number of aromatic amines is 1. The van der Waals surface area contributed by atoms with Crippen molar-refractivity contribution >= 4 is 5.91 Å². The zero-order valence-electron chi connectivity index (χ0n) is 13.6. The summed E-state index contributed by atoms with van der Waals surface area (Å²) in [5.41, 5.74) is 2.13. The lowest BCUT2D eigenvalue weighted by molar-refractivity contribution is -0.132. The van der Waals surface area contributed by atoms with Crippen LogP contribution in [0.15, 0.2) is 10.9 Å². The van der Waals surface area contributed by atoms with E-state index in [1.807, 2.05) is 19.9 Å². The summed E-state index contributed by atoms with van der Waals surface area (Å²) in [7, 11) is 0. The van der Waals surface area contributed by atoms with E-state index in [9.17, 15) is 9.59 Å². The molecule has 0 aromatic carbocycles. The van der Waals surface area contributed by atoms with Gasteiger partial charge in [0.25, 0.3) is 5.56 Å². The molecule has 1 aromatic heterocycles. The minimum absolute atomic E-state index is 0.152. The van der Waals surface area contributed by atoms with Crippen molar-refractivity contribution < 1.29 is 9.53 Å². The van der Waals surface area contributed by atoms with Crippen molar-refractivity contribution in [3.63, 3.8) is 0 Å². The molecule has 0 saturated heterocycles. The molecular weight excluding hydrogens is 268 g/mol. The number of nitrogens with one attached hydrogen (secondary N) is 2. The Bertz CT molecular complexity index is 535. The van der Waals surface area contributed by atoms with Gasteiger partial charge in [-0.1, -0.05) is 13.8 Å². The van der Waals surface area contributed by atoms with Crippen LogP contribution in [0.4, 0.5) is 0 Å². The van der Waals surface area contributed by atoms with Crippen LogP contribution >= 0.6 is 0 Å². The van der Waals surface area contributed by atoms with E-state index in [1.54, 1.807) is 6.92 Å². The molecule has 0 fully saturated rings. The van der Waals surface area contributed by atoms with Crippen molar-refractivity contribution in [1.29, 1.82) is 0 Å². The van der Waals surface area contributed by atoms with Crippen LogP contribution in [0.25, 0.3) is 0 Å². The maximum absolute atomic E-state index is 11.9. The third kappa shape index (κ3) is 5.71. The van der Waals surface area contributed by atoms with E-state index in [2.05, 4.69) is 24.1 Å². The first-order valence-electron chi connectivity index (χ1n) is 7.40. The molecule has 21 heavy (non-hydrogen) atoms. The lowest BCUT2D eigenvalue weighted by atomic mass is 10.1. The predicted octanol–water partition coefficient (Wildman–Crippen LogP) is 2.06. The van der Waals surface area contributed by atoms with Crippen LogP contribution in [-0.2, 0) is 16.1 Å². The normalized spacial score (nSPS) is 12.5. The third-order valence-corrected chi connectivity index (χ3v) is 3.37. The van der Waals surface area contributed by atoms with Crippen molar-refractivity contribution in [3.8, 4) is 0 Å². The number of hydrogen-bond acceptors (Lipinski definition) is 3. The summed E-state index contributed by atoms with van der Waals surface area (Å²) >= 11 is 0. The highest BCUT2D eigenvalue weighted by atomic mass is 16.5. The summed E-state index contributed by atoms with van der Waals surface area (Å²) in [6.07, 6.45) is 0.419. The average Bonchev–Trinajstić information content (AvgIpc) is 2.36. The van der Waals surface area contributed by atoms with E-state index in [0.717, 1.165) is 17.7 Å². The van der Waals surface area contributed by atoms with Gasteiger partial charge in [-0.25, -0.2) is 0 Å². The molecule has 0 saturated carbocycles. The fraction of sp³-hybridized carbons (Fsp3) is 0.625. The summed E-state index contributed by atoms with van der Waals surface area (Å²) in [4.78, 5) is 26.5. The van der Waals surface area contributed by atoms with Crippen molar-refractivity contribution in [1.82, 2.24) is 10.3 Å². The van der Waals surface area contributed by atoms with Gasteiger partial charge in [-0.3, -0.25) is 9.59 Å². The molecule has 0 aliphatic carbocycles. The van der Waals surface area contributed by atoms with E-state index in [1.165, 1.54) is 0 Å². The number of rotatable bonds is 7. The number of carbonyl (C=O) groups excluding carboxylic acids is 1. The number of aromatic nitrogens is 1. The minimum Gasteiger partial charge on any atom is -0.369 e. The van der Waals surface area contributed by atoms with Gasteiger partial charge >= 0.3 is 0 Å². The molecule has 5 nitrogen and oxygen atoms in total. The molecule has 0 radical (unpaired) electrons. The van der Waals surface area contributed by atoms with E-state index >= 15 is 0 Å². The molecule has 1 atom stereocenters. The van der Waals surface area contributed by atoms with Crippen LogP contribution in [0.2, 0.25) is 0 Å². The van der Waals surface area contributed by atoms with Crippen LogP contribution in [-0.4, -0.2) is 23.6 Å². The molecular formula is C16H26N2O3. The molecule has 0 aliphatic heterocycles. The summed E-state index contributed by atoms with van der Waals surface area (Å²) in [5, 5.41) is 2.75. The highest BCUT2D eigenvalue weighted by Gasteiger charge is 2.14. The quantitative estimate of drug-likeness (QED) is 0.808. The molecule has 1 amide bonds.